The summed E-state index contributed by atoms with van der Waals surface area (Å²) in [7, 11) is 0. The Bertz CT molecular complexity index is 154. The van der Waals surface area contributed by atoms with E-state index in [4.69, 9.17) is 0 Å². The molecule has 0 rings (SSSR count). The van der Waals surface area contributed by atoms with Gasteiger partial charge in [0, 0.05) is 0 Å². The standard InChI is InChI=1S/C17H36O/c1-4-6-8-10-11-13-15-17(16(3)18)14-12-9-7-5-2/h16-18H,4-15H2,1-3H3. The summed E-state index contributed by atoms with van der Waals surface area (Å²) in [6.45, 7) is 6.49. The molecule has 0 amide bonds. The van der Waals surface area contributed by atoms with Crippen LogP contribution in [0.25, 0.3) is 0 Å². The van der Waals surface area contributed by atoms with Gasteiger partial charge in [0.25, 0.3) is 0 Å². The van der Waals surface area contributed by atoms with Gasteiger partial charge in [0.05, 0.1) is 6.10 Å². The molecule has 0 fully saturated rings. The van der Waals surface area contributed by atoms with Crippen LogP contribution in [-0.4, -0.2) is 11.2 Å². The number of hydrogen-bond acceptors (Lipinski definition) is 1. The molecule has 0 aromatic carbocycles. The zero-order valence-electron chi connectivity index (χ0n) is 13.1. The predicted molar refractivity (Wildman–Crippen MR) is 81.9 cm³/mol. The zero-order chi connectivity index (χ0) is 13.6. The molecule has 0 radical (unpaired) electrons. The molecule has 0 saturated heterocycles. The molecule has 0 aliphatic carbocycles. The second-order valence-electron chi connectivity index (χ2n) is 5.91. The van der Waals surface area contributed by atoms with Crippen molar-refractivity contribution in [3.8, 4) is 0 Å². The van der Waals surface area contributed by atoms with Crippen molar-refractivity contribution in [3.63, 3.8) is 0 Å². The van der Waals surface area contributed by atoms with Crippen molar-refractivity contribution in [2.45, 2.75) is 104 Å². The Hall–Kier alpha value is -0.0400. The summed E-state index contributed by atoms with van der Waals surface area (Å²) >= 11 is 0. The van der Waals surface area contributed by atoms with Gasteiger partial charge in [-0.3, -0.25) is 0 Å². The van der Waals surface area contributed by atoms with E-state index in [2.05, 4.69) is 13.8 Å². The summed E-state index contributed by atoms with van der Waals surface area (Å²) in [4.78, 5) is 0. The van der Waals surface area contributed by atoms with Crippen LogP contribution < -0.4 is 0 Å². The molecular weight excluding hydrogens is 220 g/mol. The van der Waals surface area contributed by atoms with E-state index in [1.165, 1.54) is 77.0 Å². The molecule has 2 atom stereocenters. The lowest BCUT2D eigenvalue weighted by molar-refractivity contribution is 0.111. The van der Waals surface area contributed by atoms with Crippen LogP contribution in [0.5, 0.6) is 0 Å². The Morgan fingerprint density at radius 3 is 1.50 bits per heavy atom. The van der Waals surface area contributed by atoms with Crippen LogP contribution in [0.3, 0.4) is 0 Å². The quantitative estimate of drug-likeness (QED) is 0.419. The van der Waals surface area contributed by atoms with E-state index in [9.17, 15) is 5.11 Å². The van der Waals surface area contributed by atoms with Crippen molar-refractivity contribution in [2.24, 2.45) is 5.92 Å². The molecule has 1 N–H and O–H groups in total. The summed E-state index contributed by atoms with van der Waals surface area (Å²) in [6, 6.07) is 0. The average Bonchev–Trinajstić information content (AvgIpc) is 2.35. The molecule has 0 aliphatic rings. The lowest BCUT2D eigenvalue weighted by atomic mass is 9.90. The minimum absolute atomic E-state index is 0.109. The predicted octanol–water partition coefficient (Wildman–Crippen LogP) is 5.70. The van der Waals surface area contributed by atoms with Crippen molar-refractivity contribution in [1.29, 1.82) is 0 Å². The van der Waals surface area contributed by atoms with Crippen LogP contribution in [0.4, 0.5) is 0 Å². The lowest BCUT2D eigenvalue weighted by Crippen LogP contribution is -2.16. The highest BCUT2D eigenvalue weighted by molar-refractivity contribution is 4.65. The monoisotopic (exact) mass is 256 g/mol. The number of rotatable bonds is 13. The average molecular weight is 256 g/mol. The summed E-state index contributed by atoms with van der Waals surface area (Å²) in [6.07, 6.45) is 15.8. The summed E-state index contributed by atoms with van der Waals surface area (Å²) < 4.78 is 0. The third-order valence-corrected chi connectivity index (χ3v) is 4.04. The van der Waals surface area contributed by atoms with Crippen molar-refractivity contribution in [1.82, 2.24) is 0 Å². The highest BCUT2D eigenvalue weighted by Crippen LogP contribution is 2.21. The fourth-order valence-corrected chi connectivity index (χ4v) is 2.65. The summed E-state index contributed by atoms with van der Waals surface area (Å²) in [5.41, 5.74) is 0. The van der Waals surface area contributed by atoms with Gasteiger partial charge in [0.15, 0.2) is 0 Å². The first-order valence-corrected chi connectivity index (χ1v) is 8.40. The zero-order valence-corrected chi connectivity index (χ0v) is 13.1. The topological polar surface area (TPSA) is 20.2 Å². The number of unbranched alkanes of at least 4 members (excludes halogenated alkanes) is 8. The number of aliphatic hydroxyl groups excluding tert-OH is 1. The van der Waals surface area contributed by atoms with Gasteiger partial charge >= 0.3 is 0 Å². The van der Waals surface area contributed by atoms with E-state index in [1.807, 2.05) is 6.92 Å². The van der Waals surface area contributed by atoms with E-state index >= 15 is 0 Å². The van der Waals surface area contributed by atoms with Crippen LogP contribution >= 0.6 is 0 Å². The van der Waals surface area contributed by atoms with Gasteiger partial charge in [-0.05, 0) is 25.7 Å². The fraction of sp³-hybridized carbons (Fsp3) is 1.00. The highest BCUT2D eigenvalue weighted by Gasteiger charge is 2.13. The molecule has 1 heteroatoms. The molecule has 0 aliphatic heterocycles. The van der Waals surface area contributed by atoms with Gasteiger partial charge < -0.3 is 5.11 Å². The maximum atomic E-state index is 9.81. The van der Waals surface area contributed by atoms with Crippen molar-refractivity contribution in [2.75, 3.05) is 0 Å². The molecule has 2 unspecified atom stereocenters. The van der Waals surface area contributed by atoms with Gasteiger partial charge in [-0.1, -0.05) is 78.1 Å². The molecule has 0 heterocycles. The largest absolute Gasteiger partial charge is 0.393 e. The van der Waals surface area contributed by atoms with E-state index < -0.39 is 0 Å². The summed E-state index contributed by atoms with van der Waals surface area (Å²) in [5, 5.41) is 9.81. The minimum Gasteiger partial charge on any atom is -0.393 e. The number of aliphatic hydroxyl groups is 1. The molecular formula is C17H36O. The minimum atomic E-state index is -0.109. The first-order valence-electron chi connectivity index (χ1n) is 8.40. The van der Waals surface area contributed by atoms with E-state index in [0.717, 1.165) is 0 Å². The normalized spacial score (nSPS) is 14.7. The van der Waals surface area contributed by atoms with E-state index in [-0.39, 0.29) is 6.10 Å². The van der Waals surface area contributed by atoms with E-state index in [0.29, 0.717) is 5.92 Å². The molecule has 1 nitrogen and oxygen atoms in total. The van der Waals surface area contributed by atoms with Crippen LogP contribution in [0.2, 0.25) is 0 Å². The molecule has 0 spiro atoms. The molecule has 18 heavy (non-hydrogen) atoms. The third-order valence-electron chi connectivity index (χ3n) is 4.04. The van der Waals surface area contributed by atoms with Gasteiger partial charge in [0.2, 0.25) is 0 Å². The number of hydrogen-bond donors (Lipinski definition) is 1. The van der Waals surface area contributed by atoms with Crippen LogP contribution in [0, 0.1) is 5.92 Å². The fourth-order valence-electron chi connectivity index (χ4n) is 2.65. The highest BCUT2D eigenvalue weighted by atomic mass is 16.3. The van der Waals surface area contributed by atoms with Crippen LogP contribution in [0.15, 0.2) is 0 Å². The Morgan fingerprint density at radius 1 is 0.667 bits per heavy atom. The molecule has 0 aromatic rings. The smallest absolute Gasteiger partial charge is 0.0540 e. The van der Waals surface area contributed by atoms with E-state index in [1.54, 1.807) is 0 Å². The maximum Gasteiger partial charge on any atom is 0.0540 e. The molecule has 0 bridgehead atoms. The van der Waals surface area contributed by atoms with Gasteiger partial charge in [0.1, 0.15) is 0 Å². The van der Waals surface area contributed by atoms with Crippen molar-refractivity contribution < 1.29 is 5.11 Å². The van der Waals surface area contributed by atoms with Gasteiger partial charge in [-0.25, -0.2) is 0 Å². The van der Waals surface area contributed by atoms with Crippen molar-refractivity contribution >= 4 is 0 Å². The first-order chi connectivity index (χ1) is 8.72. The third kappa shape index (κ3) is 11.1. The van der Waals surface area contributed by atoms with Gasteiger partial charge in [-0.2, -0.15) is 0 Å². The maximum absolute atomic E-state index is 9.81. The van der Waals surface area contributed by atoms with Crippen LogP contribution in [0.1, 0.15) is 97.8 Å². The first kappa shape index (κ1) is 18.0. The Morgan fingerprint density at radius 2 is 1.06 bits per heavy atom. The lowest BCUT2D eigenvalue weighted by Gasteiger charge is -2.19. The second kappa shape index (κ2) is 13.4. The second-order valence-corrected chi connectivity index (χ2v) is 5.91. The summed E-state index contributed by atoms with van der Waals surface area (Å²) in [5.74, 6) is 0.549. The molecule has 110 valence electrons. The Balaban J connectivity index is 3.51. The van der Waals surface area contributed by atoms with Gasteiger partial charge in [-0.15, -0.1) is 0 Å². The van der Waals surface area contributed by atoms with Crippen molar-refractivity contribution in [3.05, 3.63) is 0 Å². The molecule has 0 saturated carbocycles. The Kier molecular flexibility index (Phi) is 13.4. The Labute approximate surface area is 115 Å². The SMILES string of the molecule is CCCCCCCCC(CCCCCC)C(C)O. The molecule has 0 aromatic heterocycles. The van der Waals surface area contributed by atoms with Crippen LogP contribution in [-0.2, 0) is 0 Å².